The first-order valence-electron chi connectivity index (χ1n) is 10.9. The summed E-state index contributed by atoms with van der Waals surface area (Å²) in [5, 5.41) is 8.29. The van der Waals surface area contributed by atoms with Crippen LogP contribution in [0.15, 0.2) is 52.4 Å². The molecule has 0 spiro atoms. The van der Waals surface area contributed by atoms with E-state index in [2.05, 4.69) is 31.1 Å². The van der Waals surface area contributed by atoms with Crippen LogP contribution in [0.2, 0.25) is 0 Å². The quantitative estimate of drug-likeness (QED) is 0.484. The summed E-state index contributed by atoms with van der Waals surface area (Å²) in [6.07, 6.45) is 0. The molecule has 0 bridgehead atoms. The summed E-state index contributed by atoms with van der Waals surface area (Å²) >= 11 is 0. The largest absolute Gasteiger partial charge is 0.497 e. The molecule has 8 nitrogen and oxygen atoms in total. The Morgan fingerprint density at radius 3 is 2.12 bits per heavy atom. The van der Waals surface area contributed by atoms with Crippen molar-refractivity contribution in [1.29, 1.82) is 0 Å². The SMILES string of the molecule is CCN(CC)c1c(S(=O)(=O)c2ccc(C(C)(C)C)cc2)nnn1-c1cc(OC)ccc1OC. The maximum atomic E-state index is 13.7. The van der Waals surface area contributed by atoms with Crippen LogP contribution in [0.1, 0.15) is 40.2 Å². The second kappa shape index (κ2) is 9.43. The predicted octanol–water partition coefficient (Wildman–Crippen LogP) is 4.26. The third-order valence-electron chi connectivity index (χ3n) is 5.58. The summed E-state index contributed by atoms with van der Waals surface area (Å²) in [4.78, 5) is 2.09. The van der Waals surface area contributed by atoms with Gasteiger partial charge in [0.1, 0.15) is 17.2 Å². The molecule has 1 aromatic heterocycles. The molecule has 2 aromatic carbocycles. The molecule has 9 heteroatoms. The minimum Gasteiger partial charge on any atom is -0.497 e. The van der Waals surface area contributed by atoms with E-state index in [0.717, 1.165) is 5.56 Å². The van der Waals surface area contributed by atoms with Crippen LogP contribution in [-0.2, 0) is 15.3 Å². The molecule has 0 aliphatic rings. The van der Waals surface area contributed by atoms with Gasteiger partial charge in [0, 0.05) is 19.2 Å². The molecule has 0 radical (unpaired) electrons. The molecule has 0 saturated carbocycles. The van der Waals surface area contributed by atoms with Crippen LogP contribution >= 0.6 is 0 Å². The fourth-order valence-corrected chi connectivity index (χ4v) is 4.92. The second-order valence-electron chi connectivity index (χ2n) is 8.62. The van der Waals surface area contributed by atoms with Crippen molar-refractivity contribution < 1.29 is 17.9 Å². The summed E-state index contributed by atoms with van der Waals surface area (Å²) < 4.78 is 39.7. The lowest BCUT2D eigenvalue weighted by molar-refractivity contribution is 0.400. The van der Waals surface area contributed by atoms with Crippen molar-refractivity contribution >= 4 is 15.7 Å². The van der Waals surface area contributed by atoms with Crippen molar-refractivity contribution in [2.75, 3.05) is 32.2 Å². The summed E-state index contributed by atoms with van der Waals surface area (Å²) in [6, 6.07) is 12.2. The van der Waals surface area contributed by atoms with E-state index in [1.54, 1.807) is 44.6 Å². The fraction of sp³-hybridized carbons (Fsp3) is 0.417. The van der Waals surface area contributed by atoms with E-state index in [-0.39, 0.29) is 15.3 Å². The van der Waals surface area contributed by atoms with Gasteiger partial charge >= 0.3 is 0 Å². The topological polar surface area (TPSA) is 86.6 Å². The van der Waals surface area contributed by atoms with E-state index < -0.39 is 9.84 Å². The number of rotatable bonds is 8. The van der Waals surface area contributed by atoms with Gasteiger partial charge in [0.05, 0.1) is 19.1 Å². The molecule has 0 amide bonds. The highest BCUT2D eigenvalue weighted by molar-refractivity contribution is 7.91. The van der Waals surface area contributed by atoms with E-state index >= 15 is 0 Å². The first kappa shape index (κ1) is 24.6. The summed E-state index contributed by atoms with van der Waals surface area (Å²) in [5.74, 6) is 1.49. The molecule has 3 rings (SSSR count). The standard InChI is InChI=1S/C24H32N4O4S/c1-8-27(9-2)23-22(33(29,30)19-13-10-17(11-14-19)24(3,4)5)25-26-28(23)20-16-18(31-6)12-15-21(20)32-7/h10-16H,8-9H2,1-7H3. The van der Waals surface area contributed by atoms with Crippen molar-refractivity contribution in [2.45, 2.75) is 50.0 Å². The van der Waals surface area contributed by atoms with E-state index in [4.69, 9.17) is 9.47 Å². The number of nitrogens with zero attached hydrogens (tertiary/aromatic N) is 4. The lowest BCUT2D eigenvalue weighted by atomic mass is 9.87. The Morgan fingerprint density at radius 1 is 0.970 bits per heavy atom. The number of anilines is 1. The van der Waals surface area contributed by atoms with Gasteiger partial charge in [-0.05, 0) is 49.1 Å². The lowest BCUT2D eigenvalue weighted by Gasteiger charge is -2.23. The number of aromatic nitrogens is 3. The number of methoxy groups -OCH3 is 2. The van der Waals surface area contributed by atoms with Crippen LogP contribution in [0.25, 0.3) is 5.69 Å². The summed E-state index contributed by atoms with van der Waals surface area (Å²) in [7, 11) is -0.813. The van der Waals surface area contributed by atoms with E-state index in [1.165, 1.54) is 4.68 Å². The highest BCUT2D eigenvalue weighted by atomic mass is 32.2. The maximum Gasteiger partial charge on any atom is 0.229 e. The molecule has 3 aromatic rings. The van der Waals surface area contributed by atoms with Gasteiger partial charge in [-0.1, -0.05) is 38.1 Å². The van der Waals surface area contributed by atoms with Gasteiger partial charge in [-0.2, -0.15) is 4.68 Å². The van der Waals surface area contributed by atoms with Gasteiger partial charge in [-0.3, -0.25) is 0 Å². The Kier molecular flexibility index (Phi) is 7.02. The van der Waals surface area contributed by atoms with Gasteiger partial charge in [-0.15, -0.1) is 5.10 Å². The normalized spacial score (nSPS) is 12.0. The van der Waals surface area contributed by atoms with Crippen LogP contribution in [0.5, 0.6) is 11.5 Å². The lowest BCUT2D eigenvalue weighted by Crippen LogP contribution is -2.26. The number of ether oxygens (including phenoxy) is 2. The zero-order valence-corrected chi connectivity index (χ0v) is 21.1. The van der Waals surface area contributed by atoms with E-state index in [0.29, 0.717) is 36.1 Å². The average molecular weight is 473 g/mol. The van der Waals surface area contributed by atoms with Gasteiger partial charge < -0.3 is 14.4 Å². The van der Waals surface area contributed by atoms with Gasteiger partial charge in [0.15, 0.2) is 5.82 Å². The van der Waals surface area contributed by atoms with Crippen molar-refractivity contribution in [3.63, 3.8) is 0 Å². The highest BCUT2D eigenvalue weighted by Gasteiger charge is 2.32. The van der Waals surface area contributed by atoms with Crippen molar-refractivity contribution in [2.24, 2.45) is 0 Å². The molecular weight excluding hydrogens is 440 g/mol. The molecule has 0 aliphatic heterocycles. The van der Waals surface area contributed by atoms with E-state index in [9.17, 15) is 8.42 Å². The summed E-state index contributed by atoms with van der Waals surface area (Å²) in [6.45, 7) is 11.3. The molecule has 0 saturated heterocycles. The van der Waals surface area contributed by atoms with Crippen LogP contribution in [0.3, 0.4) is 0 Å². The Hall–Kier alpha value is -3.07. The van der Waals surface area contributed by atoms with Crippen molar-refractivity contribution in [3.05, 3.63) is 48.0 Å². The zero-order valence-electron chi connectivity index (χ0n) is 20.3. The molecule has 0 N–H and O–H groups in total. The number of hydrogen-bond donors (Lipinski definition) is 0. The molecular formula is C24H32N4O4S. The third kappa shape index (κ3) is 4.68. The minimum absolute atomic E-state index is 0.0826. The molecule has 0 unspecified atom stereocenters. The Morgan fingerprint density at radius 2 is 1.61 bits per heavy atom. The number of benzene rings is 2. The maximum absolute atomic E-state index is 13.7. The monoisotopic (exact) mass is 472 g/mol. The number of sulfone groups is 1. The van der Waals surface area contributed by atoms with E-state index in [1.807, 2.05) is 30.9 Å². The van der Waals surface area contributed by atoms with Crippen LogP contribution < -0.4 is 14.4 Å². The first-order valence-corrected chi connectivity index (χ1v) is 12.3. The molecule has 0 aliphatic carbocycles. The Balaban J connectivity index is 2.23. The fourth-order valence-electron chi connectivity index (χ4n) is 3.60. The number of hydrogen-bond acceptors (Lipinski definition) is 7. The van der Waals surface area contributed by atoms with Crippen LogP contribution in [-0.4, -0.2) is 50.7 Å². The van der Waals surface area contributed by atoms with Crippen molar-refractivity contribution in [3.8, 4) is 17.2 Å². The second-order valence-corrected chi connectivity index (χ2v) is 10.5. The molecule has 178 valence electrons. The van der Waals surface area contributed by atoms with Gasteiger partial charge in [-0.25, -0.2) is 8.42 Å². The molecule has 1 heterocycles. The smallest absolute Gasteiger partial charge is 0.229 e. The third-order valence-corrected chi connectivity index (χ3v) is 7.25. The average Bonchev–Trinajstić information content (AvgIpc) is 3.24. The highest BCUT2D eigenvalue weighted by Crippen LogP contribution is 2.35. The van der Waals surface area contributed by atoms with Crippen LogP contribution in [0.4, 0.5) is 5.82 Å². The van der Waals surface area contributed by atoms with Crippen LogP contribution in [0, 0.1) is 0 Å². The first-order chi connectivity index (χ1) is 15.6. The molecule has 0 atom stereocenters. The Bertz CT molecular complexity index is 1210. The van der Waals surface area contributed by atoms with Gasteiger partial charge in [0.2, 0.25) is 14.9 Å². The molecule has 0 fully saturated rings. The van der Waals surface area contributed by atoms with Gasteiger partial charge in [0.25, 0.3) is 0 Å². The van der Waals surface area contributed by atoms with Crippen molar-refractivity contribution in [1.82, 2.24) is 15.0 Å². The predicted molar refractivity (Wildman–Crippen MR) is 129 cm³/mol. The summed E-state index contributed by atoms with van der Waals surface area (Å²) in [5.41, 5.74) is 1.51. The minimum atomic E-state index is -3.93. The molecule has 33 heavy (non-hydrogen) atoms. The Labute approximate surface area is 196 Å². The zero-order chi connectivity index (χ0) is 24.4.